The van der Waals surface area contributed by atoms with Crippen LogP contribution in [0.15, 0.2) is 30.3 Å². The molecule has 0 heterocycles. The number of carboxylic acid groups (broad SMARTS) is 1. The standard InChI is InChI=1S/C14H15F3N2O4/c1-8(18-13(23)14(15,16)17)11(20)19-10(12(21)22)7-9-5-3-2-4-6-9/h2-6,8,10H,7H2,1H3,(H,18,23)(H,19,20)(H,21,22)/t8-,10-/m0/s1. The average molecular weight is 332 g/mol. The molecule has 0 saturated carbocycles. The average Bonchev–Trinajstić information content (AvgIpc) is 2.46. The topological polar surface area (TPSA) is 95.5 Å². The van der Waals surface area contributed by atoms with Crippen LogP contribution >= 0.6 is 0 Å². The monoisotopic (exact) mass is 332 g/mol. The van der Waals surface area contributed by atoms with Crippen LogP contribution in [0, 0.1) is 0 Å². The van der Waals surface area contributed by atoms with E-state index in [4.69, 9.17) is 5.11 Å². The van der Waals surface area contributed by atoms with Gasteiger partial charge in [-0.05, 0) is 12.5 Å². The Hall–Kier alpha value is -2.58. The molecule has 0 aliphatic rings. The van der Waals surface area contributed by atoms with E-state index in [2.05, 4.69) is 5.32 Å². The largest absolute Gasteiger partial charge is 0.480 e. The number of nitrogens with one attached hydrogen (secondary N) is 2. The molecule has 0 unspecified atom stereocenters. The first-order valence-corrected chi connectivity index (χ1v) is 6.56. The summed E-state index contributed by atoms with van der Waals surface area (Å²) in [5, 5.41) is 12.7. The lowest BCUT2D eigenvalue weighted by Gasteiger charge is -2.19. The van der Waals surface area contributed by atoms with Gasteiger partial charge in [0.25, 0.3) is 0 Å². The third-order valence-electron chi connectivity index (χ3n) is 2.90. The second-order valence-corrected chi connectivity index (χ2v) is 4.78. The zero-order chi connectivity index (χ0) is 17.6. The van der Waals surface area contributed by atoms with Gasteiger partial charge >= 0.3 is 18.1 Å². The Morgan fingerprint density at radius 3 is 2.17 bits per heavy atom. The Labute approximate surface area is 129 Å². The van der Waals surface area contributed by atoms with Crippen molar-refractivity contribution < 1.29 is 32.7 Å². The number of amides is 2. The highest BCUT2D eigenvalue weighted by atomic mass is 19.4. The SMILES string of the molecule is C[C@H](NC(=O)C(F)(F)F)C(=O)N[C@@H](Cc1ccccc1)C(=O)O. The van der Waals surface area contributed by atoms with Gasteiger partial charge in [0.2, 0.25) is 5.91 Å². The molecule has 0 saturated heterocycles. The smallest absolute Gasteiger partial charge is 0.471 e. The van der Waals surface area contributed by atoms with Gasteiger partial charge in [0.15, 0.2) is 0 Å². The molecule has 126 valence electrons. The second-order valence-electron chi connectivity index (χ2n) is 4.78. The maximum atomic E-state index is 12.1. The highest BCUT2D eigenvalue weighted by molar-refractivity contribution is 5.91. The van der Waals surface area contributed by atoms with Gasteiger partial charge in [-0.15, -0.1) is 0 Å². The summed E-state index contributed by atoms with van der Waals surface area (Å²) in [5.74, 6) is -4.63. The number of hydrogen-bond donors (Lipinski definition) is 3. The van der Waals surface area contributed by atoms with E-state index in [9.17, 15) is 27.6 Å². The number of hydrogen-bond acceptors (Lipinski definition) is 3. The Balaban J connectivity index is 2.67. The van der Waals surface area contributed by atoms with Crippen molar-refractivity contribution in [1.29, 1.82) is 0 Å². The van der Waals surface area contributed by atoms with Gasteiger partial charge < -0.3 is 15.7 Å². The van der Waals surface area contributed by atoms with Crippen LogP contribution in [0.5, 0.6) is 0 Å². The summed E-state index contributed by atoms with van der Waals surface area (Å²) in [6, 6.07) is 5.54. The molecule has 9 heteroatoms. The van der Waals surface area contributed by atoms with Crippen molar-refractivity contribution in [2.75, 3.05) is 0 Å². The van der Waals surface area contributed by atoms with Crippen LogP contribution < -0.4 is 10.6 Å². The fraction of sp³-hybridized carbons (Fsp3) is 0.357. The van der Waals surface area contributed by atoms with Gasteiger partial charge in [0.1, 0.15) is 12.1 Å². The van der Waals surface area contributed by atoms with E-state index in [0.29, 0.717) is 5.56 Å². The minimum atomic E-state index is -5.12. The van der Waals surface area contributed by atoms with Crippen LogP contribution in [0.1, 0.15) is 12.5 Å². The highest BCUT2D eigenvalue weighted by Crippen LogP contribution is 2.14. The molecule has 1 rings (SSSR count). The van der Waals surface area contributed by atoms with Crippen LogP contribution in [0.3, 0.4) is 0 Å². The maximum Gasteiger partial charge on any atom is 0.471 e. The Morgan fingerprint density at radius 2 is 1.70 bits per heavy atom. The van der Waals surface area contributed by atoms with Gasteiger partial charge in [0, 0.05) is 6.42 Å². The lowest BCUT2D eigenvalue weighted by atomic mass is 10.1. The van der Waals surface area contributed by atoms with E-state index in [-0.39, 0.29) is 6.42 Å². The second kappa shape index (κ2) is 7.61. The first-order valence-electron chi connectivity index (χ1n) is 6.56. The number of alkyl halides is 3. The number of carbonyl (C=O) groups is 3. The van der Waals surface area contributed by atoms with Gasteiger partial charge in [-0.1, -0.05) is 30.3 Å². The minimum absolute atomic E-state index is 0.0398. The summed E-state index contributed by atoms with van der Waals surface area (Å²) in [6.45, 7) is 1.03. The molecule has 0 aliphatic heterocycles. The number of aliphatic carboxylic acids is 1. The Morgan fingerprint density at radius 1 is 1.13 bits per heavy atom. The molecule has 0 aliphatic carbocycles. The van der Waals surface area contributed by atoms with Gasteiger partial charge in [-0.2, -0.15) is 13.2 Å². The first-order chi connectivity index (χ1) is 10.6. The van der Waals surface area contributed by atoms with Crippen molar-refractivity contribution in [2.45, 2.75) is 31.6 Å². The van der Waals surface area contributed by atoms with Crippen LogP contribution in [0.2, 0.25) is 0 Å². The van der Waals surface area contributed by atoms with Crippen molar-refractivity contribution in [3.05, 3.63) is 35.9 Å². The van der Waals surface area contributed by atoms with Crippen molar-refractivity contribution in [3.63, 3.8) is 0 Å². The van der Waals surface area contributed by atoms with Gasteiger partial charge in [0.05, 0.1) is 0 Å². The molecule has 0 radical (unpaired) electrons. The summed E-state index contributed by atoms with van der Waals surface area (Å²) in [7, 11) is 0. The summed E-state index contributed by atoms with van der Waals surface area (Å²) in [4.78, 5) is 33.7. The number of rotatable bonds is 6. The van der Waals surface area contributed by atoms with Crippen LogP contribution in [0.25, 0.3) is 0 Å². The number of benzene rings is 1. The Kier molecular flexibility index (Phi) is 6.11. The molecule has 2 amide bonds. The predicted molar refractivity (Wildman–Crippen MR) is 73.4 cm³/mol. The molecule has 0 spiro atoms. The summed E-state index contributed by atoms with van der Waals surface area (Å²) in [6.07, 6.45) is -5.16. The molecule has 1 aromatic rings. The van der Waals surface area contributed by atoms with E-state index in [0.717, 1.165) is 6.92 Å². The molecular formula is C14H15F3N2O4. The van der Waals surface area contributed by atoms with Crippen molar-refractivity contribution in [3.8, 4) is 0 Å². The normalized spacial score (nSPS) is 13.7. The van der Waals surface area contributed by atoms with Gasteiger partial charge in [-0.3, -0.25) is 9.59 Å². The molecule has 0 fully saturated rings. The summed E-state index contributed by atoms with van der Waals surface area (Å²) in [5.41, 5.74) is 0.632. The fourth-order valence-corrected chi connectivity index (χ4v) is 1.69. The number of carboxylic acids is 1. The molecule has 2 atom stereocenters. The fourth-order valence-electron chi connectivity index (χ4n) is 1.69. The molecule has 23 heavy (non-hydrogen) atoms. The summed E-state index contributed by atoms with van der Waals surface area (Å²) >= 11 is 0. The van der Waals surface area contributed by atoms with Crippen LogP contribution in [0.4, 0.5) is 13.2 Å². The van der Waals surface area contributed by atoms with E-state index >= 15 is 0 Å². The highest BCUT2D eigenvalue weighted by Gasteiger charge is 2.40. The summed E-state index contributed by atoms with van der Waals surface area (Å²) < 4.78 is 36.3. The maximum absolute atomic E-state index is 12.1. The molecule has 1 aromatic carbocycles. The third-order valence-corrected chi connectivity index (χ3v) is 2.90. The van der Waals surface area contributed by atoms with E-state index in [1.54, 1.807) is 30.3 Å². The van der Waals surface area contributed by atoms with E-state index < -0.39 is 36.0 Å². The lowest BCUT2D eigenvalue weighted by Crippen LogP contribution is -2.53. The van der Waals surface area contributed by atoms with Crippen LogP contribution in [-0.4, -0.2) is 41.2 Å². The lowest BCUT2D eigenvalue weighted by molar-refractivity contribution is -0.174. The quantitative estimate of drug-likeness (QED) is 0.720. The third kappa shape index (κ3) is 5.97. The number of halogens is 3. The van der Waals surface area contributed by atoms with E-state index in [1.165, 1.54) is 5.32 Å². The molecule has 6 nitrogen and oxygen atoms in total. The molecular weight excluding hydrogens is 317 g/mol. The first kappa shape index (κ1) is 18.5. The minimum Gasteiger partial charge on any atom is -0.480 e. The molecule has 0 aromatic heterocycles. The van der Waals surface area contributed by atoms with E-state index in [1.807, 2.05) is 0 Å². The molecule has 0 bridgehead atoms. The zero-order valence-electron chi connectivity index (χ0n) is 12.1. The Bertz CT molecular complexity index is 575. The molecule has 3 N–H and O–H groups in total. The van der Waals surface area contributed by atoms with Crippen molar-refractivity contribution in [2.24, 2.45) is 0 Å². The number of carbonyl (C=O) groups excluding carboxylic acids is 2. The van der Waals surface area contributed by atoms with Gasteiger partial charge in [-0.25, -0.2) is 4.79 Å². The van der Waals surface area contributed by atoms with Crippen molar-refractivity contribution in [1.82, 2.24) is 10.6 Å². The predicted octanol–water partition coefficient (Wildman–Crippen LogP) is 0.865. The van der Waals surface area contributed by atoms with Crippen LogP contribution in [-0.2, 0) is 20.8 Å². The van der Waals surface area contributed by atoms with Crippen molar-refractivity contribution >= 4 is 17.8 Å². The zero-order valence-corrected chi connectivity index (χ0v) is 12.1.